The number of hydrogen-bond donors (Lipinski definition) is 1. The highest BCUT2D eigenvalue weighted by Gasteiger charge is 2.26. The zero-order chi connectivity index (χ0) is 18.1. The molecule has 0 radical (unpaired) electrons. The summed E-state index contributed by atoms with van der Waals surface area (Å²) in [4.78, 5) is 2.09. The zero-order valence-electron chi connectivity index (χ0n) is 15.6. The molecular formula is C19H27FN4O. The SMILES string of the molecule is CC(C)c1nn(C)c(N(C)C)c1CNC1CCOc2c(F)cccc21. The second-order valence-corrected chi connectivity index (χ2v) is 7.09. The largest absolute Gasteiger partial charge is 0.490 e. The summed E-state index contributed by atoms with van der Waals surface area (Å²) < 4.78 is 21.4. The Kier molecular flexibility index (Phi) is 4.99. The van der Waals surface area contributed by atoms with E-state index in [-0.39, 0.29) is 11.9 Å². The lowest BCUT2D eigenvalue weighted by Crippen LogP contribution is -2.28. The second-order valence-electron chi connectivity index (χ2n) is 7.09. The lowest BCUT2D eigenvalue weighted by molar-refractivity contribution is 0.240. The van der Waals surface area contributed by atoms with E-state index in [9.17, 15) is 4.39 Å². The summed E-state index contributed by atoms with van der Waals surface area (Å²) in [5, 5.41) is 8.30. The molecule has 0 saturated heterocycles. The number of aryl methyl sites for hydroxylation is 1. The summed E-state index contributed by atoms with van der Waals surface area (Å²) in [6.07, 6.45) is 0.824. The summed E-state index contributed by atoms with van der Waals surface area (Å²) in [5.41, 5.74) is 3.20. The van der Waals surface area contributed by atoms with Gasteiger partial charge in [0.25, 0.3) is 0 Å². The molecule has 0 fully saturated rings. The van der Waals surface area contributed by atoms with Crippen molar-refractivity contribution >= 4 is 5.82 Å². The van der Waals surface area contributed by atoms with E-state index in [0.717, 1.165) is 23.5 Å². The maximum Gasteiger partial charge on any atom is 0.165 e. The molecular weight excluding hydrogens is 319 g/mol. The maximum atomic E-state index is 14.0. The van der Waals surface area contributed by atoms with Gasteiger partial charge in [0.1, 0.15) is 5.82 Å². The normalized spacial score (nSPS) is 16.7. The Balaban J connectivity index is 1.87. The van der Waals surface area contributed by atoms with E-state index in [2.05, 4.69) is 24.1 Å². The van der Waals surface area contributed by atoms with Crippen molar-refractivity contribution in [1.29, 1.82) is 0 Å². The maximum absolute atomic E-state index is 14.0. The van der Waals surface area contributed by atoms with Crippen LogP contribution in [0.5, 0.6) is 5.75 Å². The van der Waals surface area contributed by atoms with Crippen LogP contribution in [0.25, 0.3) is 0 Å². The van der Waals surface area contributed by atoms with Crippen LogP contribution in [0.15, 0.2) is 18.2 Å². The van der Waals surface area contributed by atoms with Gasteiger partial charge >= 0.3 is 0 Å². The first-order valence-corrected chi connectivity index (χ1v) is 8.77. The topological polar surface area (TPSA) is 42.3 Å². The van der Waals surface area contributed by atoms with Crippen LogP contribution in [-0.4, -0.2) is 30.5 Å². The zero-order valence-corrected chi connectivity index (χ0v) is 15.6. The molecule has 1 aliphatic heterocycles. The summed E-state index contributed by atoms with van der Waals surface area (Å²) >= 11 is 0. The highest BCUT2D eigenvalue weighted by Crippen LogP contribution is 2.35. The molecule has 1 atom stereocenters. The molecule has 1 aromatic carbocycles. The third-order valence-electron chi connectivity index (χ3n) is 4.66. The number of fused-ring (bicyclic) bond motifs is 1. The number of ether oxygens (including phenoxy) is 1. The van der Waals surface area contributed by atoms with E-state index in [1.165, 1.54) is 11.6 Å². The van der Waals surface area contributed by atoms with Gasteiger partial charge in [-0.15, -0.1) is 0 Å². The second kappa shape index (κ2) is 7.04. The van der Waals surface area contributed by atoms with Gasteiger partial charge < -0.3 is 15.0 Å². The summed E-state index contributed by atoms with van der Waals surface area (Å²) in [6, 6.07) is 5.21. The first-order chi connectivity index (χ1) is 11.9. The van der Waals surface area contributed by atoms with Crippen molar-refractivity contribution in [2.24, 2.45) is 7.05 Å². The molecule has 0 saturated carbocycles. The molecule has 1 unspecified atom stereocenters. The number of benzene rings is 1. The minimum atomic E-state index is -0.290. The number of anilines is 1. The van der Waals surface area contributed by atoms with Crippen LogP contribution in [0.2, 0.25) is 0 Å². The van der Waals surface area contributed by atoms with E-state index < -0.39 is 0 Å². The molecule has 1 N–H and O–H groups in total. The van der Waals surface area contributed by atoms with E-state index in [4.69, 9.17) is 9.84 Å². The molecule has 0 spiro atoms. The predicted octanol–water partition coefficient (Wildman–Crippen LogP) is 3.36. The Hall–Kier alpha value is -2.08. The molecule has 5 nitrogen and oxygen atoms in total. The first kappa shape index (κ1) is 17.7. The fourth-order valence-electron chi connectivity index (χ4n) is 3.60. The van der Waals surface area contributed by atoms with Gasteiger partial charge in [-0.25, -0.2) is 4.39 Å². The molecule has 25 heavy (non-hydrogen) atoms. The minimum Gasteiger partial charge on any atom is -0.490 e. The summed E-state index contributed by atoms with van der Waals surface area (Å²) in [7, 11) is 6.04. The van der Waals surface area contributed by atoms with Gasteiger partial charge in [0.05, 0.1) is 12.3 Å². The van der Waals surface area contributed by atoms with Crippen LogP contribution in [0.3, 0.4) is 0 Å². The molecule has 6 heteroatoms. The van der Waals surface area contributed by atoms with Crippen molar-refractivity contribution in [3.05, 3.63) is 40.8 Å². The lowest BCUT2D eigenvalue weighted by Gasteiger charge is -2.27. The Labute approximate surface area is 148 Å². The monoisotopic (exact) mass is 346 g/mol. The van der Waals surface area contributed by atoms with Crippen molar-refractivity contribution in [1.82, 2.24) is 15.1 Å². The third-order valence-corrected chi connectivity index (χ3v) is 4.66. The number of nitrogens with one attached hydrogen (secondary N) is 1. The Morgan fingerprint density at radius 1 is 1.40 bits per heavy atom. The molecule has 2 aromatic rings. The Morgan fingerprint density at radius 3 is 2.84 bits per heavy atom. The number of para-hydroxylation sites is 1. The van der Waals surface area contributed by atoms with Crippen molar-refractivity contribution < 1.29 is 9.13 Å². The number of aromatic nitrogens is 2. The number of rotatable bonds is 5. The van der Waals surface area contributed by atoms with Crippen molar-refractivity contribution in [2.45, 2.75) is 38.8 Å². The molecule has 1 aliphatic rings. The van der Waals surface area contributed by atoms with Gasteiger partial charge in [0.2, 0.25) is 0 Å². The Morgan fingerprint density at radius 2 is 2.16 bits per heavy atom. The number of halogens is 1. The smallest absolute Gasteiger partial charge is 0.165 e. The number of hydrogen-bond acceptors (Lipinski definition) is 4. The first-order valence-electron chi connectivity index (χ1n) is 8.77. The quantitative estimate of drug-likeness (QED) is 0.901. The average molecular weight is 346 g/mol. The lowest BCUT2D eigenvalue weighted by atomic mass is 9.99. The predicted molar refractivity (Wildman–Crippen MR) is 97.7 cm³/mol. The summed E-state index contributed by atoms with van der Waals surface area (Å²) in [5.74, 6) is 1.54. The highest BCUT2D eigenvalue weighted by atomic mass is 19.1. The third kappa shape index (κ3) is 3.35. The van der Waals surface area contributed by atoms with Gasteiger partial charge in [0.15, 0.2) is 11.6 Å². The average Bonchev–Trinajstić information content (AvgIpc) is 2.90. The van der Waals surface area contributed by atoms with Gasteiger partial charge in [-0.1, -0.05) is 26.0 Å². The molecule has 136 valence electrons. The fourth-order valence-corrected chi connectivity index (χ4v) is 3.60. The van der Waals surface area contributed by atoms with Crippen LogP contribution in [0.4, 0.5) is 10.2 Å². The molecule has 3 rings (SSSR count). The standard InChI is InChI=1S/C19H27FN4O/c1-12(2)17-14(19(23(3)4)24(5)22-17)11-21-16-9-10-25-18-13(16)7-6-8-15(18)20/h6-8,12,16,21H,9-11H2,1-5H3. The van der Waals surface area contributed by atoms with E-state index in [1.54, 1.807) is 6.07 Å². The van der Waals surface area contributed by atoms with Crippen LogP contribution in [0.1, 0.15) is 49.0 Å². The van der Waals surface area contributed by atoms with Gasteiger partial charge in [-0.2, -0.15) is 5.10 Å². The van der Waals surface area contributed by atoms with Crippen LogP contribution in [-0.2, 0) is 13.6 Å². The van der Waals surface area contributed by atoms with Crippen LogP contribution >= 0.6 is 0 Å². The van der Waals surface area contributed by atoms with E-state index in [1.807, 2.05) is 31.9 Å². The minimum absolute atomic E-state index is 0.0784. The van der Waals surface area contributed by atoms with Crippen molar-refractivity contribution in [3.8, 4) is 5.75 Å². The number of nitrogens with zero attached hydrogens (tertiary/aromatic N) is 3. The van der Waals surface area contributed by atoms with Crippen LogP contribution < -0.4 is 15.0 Å². The van der Waals surface area contributed by atoms with E-state index in [0.29, 0.717) is 24.8 Å². The fraction of sp³-hybridized carbons (Fsp3) is 0.526. The Bertz CT molecular complexity index is 754. The molecule has 0 amide bonds. The van der Waals surface area contributed by atoms with Crippen LogP contribution in [0, 0.1) is 5.82 Å². The molecule has 2 heterocycles. The van der Waals surface area contributed by atoms with E-state index >= 15 is 0 Å². The van der Waals surface area contributed by atoms with Gasteiger partial charge in [-0.3, -0.25) is 4.68 Å². The van der Waals surface area contributed by atoms with Gasteiger partial charge in [0, 0.05) is 51.3 Å². The van der Waals surface area contributed by atoms with Crippen molar-refractivity contribution in [3.63, 3.8) is 0 Å². The highest BCUT2D eigenvalue weighted by molar-refractivity contribution is 5.50. The molecule has 0 aliphatic carbocycles. The summed E-state index contributed by atoms with van der Waals surface area (Å²) in [6.45, 7) is 5.53. The molecule has 1 aromatic heterocycles. The van der Waals surface area contributed by atoms with Gasteiger partial charge in [-0.05, 0) is 12.0 Å². The molecule has 0 bridgehead atoms. The van der Waals surface area contributed by atoms with Crippen molar-refractivity contribution in [2.75, 3.05) is 25.6 Å².